The van der Waals surface area contributed by atoms with Crippen LogP contribution in [-0.2, 0) is 36.2 Å². The molecular weight excluding hydrogens is 304 g/mol. The molecule has 18 heavy (non-hydrogen) atoms. The summed E-state index contributed by atoms with van der Waals surface area (Å²) in [5.74, 6) is -7.07. The second-order valence-corrected chi connectivity index (χ2v) is 2.91. The van der Waals surface area contributed by atoms with Gasteiger partial charge in [-0.3, -0.25) is 0 Å². The fourth-order valence-electron chi connectivity index (χ4n) is 0.684. The Morgan fingerprint density at radius 2 is 1.17 bits per heavy atom. The summed E-state index contributed by atoms with van der Waals surface area (Å²) in [5.41, 5.74) is -2.97. The van der Waals surface area contributed by atoms with Gasteiger partial charge in [0.25, 0.3) is 0 Å². The van der Waals surface area contributed by atoms with Crippen molar-refractivity contribution >= 4 is 23.9 Å². The van der Waals surface area contributed by atoms with E-state index in [-0.39, 0.29) is 17.1 Å². The predicted octanol–water partition coefficient (Wildman–Crippen LogP) is -6.50. The van der Waals surface area contributed by atoms with Gasteiger partial charge >= 0.3 is 17.1 Å². The third kappa shape index (κ3) is 12.4. The molecular formula is C8H8CuO9. The van der Waals surface area contributed by atoms with Crippen LogP contribution >= 0.6 is 0 Å². The first kappa shape index (κ1) is 21.6. The van der Waals surface area contributed by atoms with E-state index in [4.69, 9.17) is 15.0 Å². The number of aliphatic carboxylic acids is 4. The average molecular weight is 312 g/mol. The SMILES string of the molecule is CC(=O)[O-].O=C([O-])CC(O)(CC(=O)[O-])C(=O)[O-].[Cu+4]. The van der Waals surface area contributed by atoms with Crippen LogP contribution in [0.1, 0.15) is 19.8 Å². The maximum Gasteiger partial charge on any atom is 4.00 e. The zero-order valence-electron chi connectivity index (χ0n) is 8.93. The number of hydrogen-bond donors (Lipinski definition) is 1. The van der Waals surface area contributed by atoms with Gasteiger partial charge in [0.1, 0.15) is 5.60 Å². The molecule has 0 aromatic heterocycles. The topological polar surface area (TPSA) is 181 Å². The van der Waals surface area contributed by atoms with Crippen molar-refractivity contribution in [3.8, 4) is 0 Å². The smallest absolute Gasteiger partial charge is 0.550 e. The van der Waals surface area contributed by atoms with E-state index in [2.05, 4.69) is 0 Å². The number of carbonyl (C=O) groups is 4. The van der Waals surface area contributed by atoms with Crippen molar-refractivity contribution in [2.45, 2.75) is 25.4 Å². The Morgan fingerprint density at radius 3 is 1.28 bits per heavy atom. The van der Waals surface area contributed by atoms with Crippen molar-refractivity contribution in [2.75, 3.05) is 0 Å². The Kier molecular flexibility index (Phi) is 11.3. The maximum atomic E-state index is 10.1. The van der Waals surface area contributed by atoms with Crippen LogP contribution in [-0.4, -0.2) is 34.6 Å². The predicted molar refractivity (Wildman–Crippen MR) is 39.9 cm³/mol. The Hall–Kier alpha value is -1.64. The maximum absolute atomic E-state index is 10.1. The molecule has 0 aliphatic rings. The number of hydrogen-bond acceptors (Lipinski definition) is 9. The molecule has 0 fully saturated rings. The van der Waals surface area contributed by atoms with E-state index in [0.717, 1.165) is 6.92 Å². The van der Waals surface area contributed by atoms with Crippen LogP contribution in [0, 0.1) is 0 Å². The molecule has 10 heteroatoms. The van der Waals surface area contributed by atoms with E-state index in [1.54, 1.807) is 0 Å². The molecule has 1 radical (unpaired) electrons. The normalized spacial score (nSPS) is 9.22. The largest absolute Gasteiger partial charge is 4.00 e. The third-order valence-electron chi connectivity index (χ3n) is 1.25. The standard InChI is InChI=1S/C6H8O7.C2H4O2.Cu/c7-3(8)1-6(13,5(11)12)2-4(9)10;1-2(3)4;/h13H,1-2H2,(H,7,8)(H,9,10)(H,11,12);1H3,(H,3,4);/q;;+4/p-4. The fourth-order valence-corrected chi connectivity index (χ4v) is 0.684. The molecule has 0 saturated carbocycles. The first-order valence-electron chi connectivity index (χ1n) is 4.02. The van der Waals surface area contributed by atoms with Gasteiger partial charge in [0, 0.05) is 30.7 Å². The molecule has 0 aliphatic heterocycles. The molecule has 1 N–H and O–H groups in total. The Morgan fingerprint density at radius 1 is 0.944 bits per heavy atom. The molecule has 0 heterocycles. The van der Waals surface area contributed by atoms with Gasteiger partial charge in [-0.25, -0.2) is 0 Å². The number of carboxylic acids is 4. The second kappa shape index (κ2) is 9.40. The van der Waals surface area contributed by atoms with Gasteiger partial charge in [0.2, 0.25) is 0 Å². The molecule has 0 rings (SSSR count). The summed E-state index contributed by atoms with van der Waals surface area (Å²) in [6.07, 6.45) is -2.72. The van der Waals surface area contributed by atoms with Crippen molar-refractivity contribution in [3.05, 3.63) is 0 Å². The number of rotatable bonds is 5. The van der Waals surface area contributed by atoms with Crippen molar-refractivity contribution in [1.29, 1.82) is 0 Å². The van der Waals surface area contributed by atoms with E-state index in [9.17, 15) is 29.7 Å². The molecule has 0 aromatic carbocycles. The minimum absolute atomic E-state index is 0. The third-order valence-corrected chi connectivity index (χ3v) is 1.25. The molecule has 0 aromatic rings. The van der Waals surface area contributed by atoms with Crippen LogP contribution in [0.5, 0.6) is 0 Å². The first-order valence-corrected chi connectivity index (χ1v) is 4.02. The summed E-state index contributed by atoms with van der Waals surface area (Å²) in [4.78, 5) is 38.9. The summed E-state index contributed by atoms with van der Waals surface area (Å²) < 4.78 is 0. The number of carbonyl (C=O) groups excluding carboxylic acids is 4. The molecule has 9 nitrogen and oxygen atoms in total. The molecule has 0 spiro atoms. The second-order valence-electron chi connectivity index (χ2n) is 2.91. The van der Waals surface area contributed by atoms with Crippen LogP contribution in [0.15, 0.2) is 0 Å². The fraction of sp³-hybridized carbons (Fsp3) is 0.500. The van der Waals surface area contributed by atoms with Crippen LogP contribution in [0.25, 0.3) is 0 Å². The van der Waals surface area contributed by atoms with Gasteiger partial charge in [0.05, 0.1) is 5.97 Å². The Balaban J connectivity index is -0.000000392. The minimum atomic E-state index is -2.97. The first-order chi connectivity index (χ1) is 7.51. The number of aliphatic hydroxyl groups is 1. The summed E-state index contributed by atoms with van der Waals surface area (Å²) in [6.45, 7) is 0.972. The van der Waals surface area contributed by atoms with Gasteiger partial charge in [-0.05, 0) is 6.92 Å². The monoisotopic (exact) mass is 311 g/mol. The molecule has 0 saturated heterocycles. The van der Waals surface area contributed by atoms with Gasteiger partial charge in [-0.2, -0.15) is 0 Å². The van der Waals surface area contributed by atoms with Crippen molar-refractivity contribution in [2.24, 2.45) is 0 Å². The van der Waals surface area contributed by atoms with Gasteiger partial charge in [0.15, 0.2) is 0 Å². The molecule has 0 aliphatic carbocycles. The zero-order chi connectivity index (χ0) is 14.2. The van der Waals surface area contributed by atoms with Gasteiger partial charge in [-0.1, -0.05) is 0 Å². The summed E-state index contributed by atoms with van der Waals surface area (Å²) in [5, 5.41) is 47.8. The molecule has 0 bridgehead atoms. The average Bonchev–Trinajstić information content (AvgIpc) is 1.98. The molecule has 0 amide bonds. The van der Waals surface area contributed by atoms with E-state index >= 15 is 0 Å². The van der Waals surface area contributed by atoms with E-state index in [1.807, 2.05) is 0 Å². The molecule has 105 valence electrons. The summed E-state index contributed by atoms with van der Waals surface area (Å²) in [6, 6.07) is 0. The zero-order valence-corrected chi connectivity index (χ0v) is 9.87. The van der Waals surface area contributed by atoms with Crippen LogP contribution < -0.4 is 20.4 Å². The number of carboxylic acid groups (broad SMARTS) is 4. The van der Waals surface area contributed by atoms with E-state index in [0.29, 0.717) is 0 Å². The Bertz CT molecular complexity index is 305. The van der Waals surface area contributed by atoms with Crippen molar-refractivity contribution < 1.29 is 61.8 Å². The van der Waals surface area contributed by atoms with E-state index in [1.165, 1.54) is 0 Å². The summed E-state index contributed by atoms with van der Waals surface area (Å²) in [7, 11) is 0. The van der Waals surface area contributed by atoms with Crippen molar-refractivity contribution in [1.82, 2.24) is 0 Å². The van der Waals surface area contributed by atoms with Gasteiger partial charge in [-0.15, -0.1) is 0 Å². The van der Waals surface area contributed by atoms with Crippen LogP contribution in [0.3, 0.4) is 0 Å². The minimum Gasteiger partial charge on any atom is -0.550 e. The van der Waals surface area contributed by atoms with Gasteiger partial charge < -0.3 is 44.7 Å². The summed E-state index contributed by atoms with van der Waals surface area (Å²) >= 11 is 0. The van der Waals surface area contributed by atoms with Crippen molar-refractivity contribution in [3.63, 3.8) is 0 Å². The van der Waals surface area contributed by atoms with Crippen LogP contribution in [0.4, 0.5) is 0 Å². The molecule has 0 atom stereocenters. The van der Waals surface area contributed by atoms with E-state index < -0.39 is 42.3 Å². The van der Waals surface area contributed by atoms with Crippen LogP contribution in [0.2, 0.25) is 0 Å². The molecule has 0 unspecified atom stereocenters. The Labute approximate surface area is 112 Å². The quantitative estimate of drug-likeness (QED) is 0.482.